The molecule has 0 saturated carbocycles. The van der Waals surface area contributed by atoms with Gasteiger partial charge in [-0.05, 0) is 49.9 Å². The molecule has 1 N–H and O–H groups in total. The number of nitrogens with one attached hydrogen (secondary N) is 1. The zero-order valence-corrected chi connectivity index (χ0v) is 15.4. The van der Waals surface area contributed by atoms with E-state index in [2.05, 4.69) is 24.1 Å². The fourth-order valence-corrected chi connectivity index (χ4v) is 3.24. The van der Waals surface area contributed by atoms with Gasteiger partial charge in [0.1, 0.15) is 0 Å². The topological polar surface area (TPSA) is 35.6 Å². The molecule has 1 aromatic rings. The molecule has 0 atom stereocenters. The molecule has 1 aromatic carbocycles. The number of halogens is 1. The first-order valence-electron chi connectivity index (χ1n) is 8.42. The van der Waals surface area contributed by atoms with Gasteiger partial charge in [-0.2, -0.15) is 0 Å². The van der Waals surface area contributed by atoms with E-state index in [9.17, 15) is 4.79 Å². The highest BCUT2D eigenvalue weighted by Gasteiger charge is 2.22. The van der Waals surface area contributed by atoms with Crippen LogP contribution in [0.15, 0.2) is 12.1 Å². The summed E-state index contributed by atoms with van der Waals surface area (Å²) < 4.78 is 0. The normalized spacial score (nSPS) is 16.0. The number of carbonyl (C=O) groups excluding carboxylic acids is 1. The standard InChI is InChI=1S/C18H28ClN3O/c1-13(2)5-6-21-7-9-22(10-8-21)18(23)20-17-15(4)11-14(3)12-16(17)19/h11-13H,5-10H2,1-4H3,(H,20,23). The van der Waals surface area contributed by atoms with Crippen LogP contribution in [0.25, 0.3) is 0 Å². The molecule has 2 amide bonds. The molecular weight excluding hydrogens is 310 g/mol. The second-order valence-corrected chi connectivity index (χ2v) is 7.29. The second kappa shape index (κ2) is 8.02. The minimum Gasteiger partial charge on any atom is -0.322 e. The number of piperazine rings is 1. The van der Waals surface area contributed by atoms with E-state index in [1.807, 2.05) is 30.9 Å². The third-order valence-electron chi connectivity index (χ3n) is 4.35. The van der Waals surface area contributed by atoms with Crippen LogP contribution in [0.5, 0.6) is 0 Å². The summed E-state index contributed by atoms with van der Waals surface area (Å²) in [5.74, 6) is 0.725. The third kappa shape index (κ3) is 5.11. The van der Waals surface area contributed by atoms with E-state index in [0.717, 1.165) is 55.5 Å². The number of benzene rings is 1. The number of carbonyl (C=O) groups is 1. The van der Waals surface area contributed by atoms with Crippen molar-refractivity contribution in [3.05, 3.63) is 28.3 Å². The average molecular weight is 338 g/mol. The summed E-state index contributed by atoms with van der Waals surface area (Å²) in [4.78, 5) is 16.8. The minimum atomic E-state index is -0.0534. The average Bonchev–Trinajstić information content (AvgIpc) is 2.49. The van der Waals surface area contributed by atoms with Gasteiger partial charge in [-0.1, -0.05) is 31.5 Å². The summed E-state index contributed by atoms with van der Waals surface area (Å²) in [5.41, 5.74) is 2.83. The van der Waals surface area contributed by atoms with Gasteiger partial charge in [0.2, 0.25) is 0 Å². The third-order valence-corrected chi connectivity index (χ3v) is 4.64. The second-order valence-electron chi connectivity index (χ2n) is 6.88. The van der Waals surface area contributed by atoms with Crippen molar-refractivity contribution in [1.82, 2.24) is 9.80 Å². The molecule has 1 fully saturated rings. The van der Waals surface area contributed by atoms with E-state index in [-0.39, 0.29) is 6.03 Å². The molecule has 5 heteroatoms. The Hall–Kier alpha value is -1.26. The molecule has 0 bridgehead atoms. The summed E-state index contributed by atoms with van der Waals surface area (Å²) in [6.45, 7) is 13.0. The van der Waals surface area contributed by atoms with Crippen molar-refractivity contribution in [3.8, 4) is 0 Å². The van der Waals surface area contributed by atoms with Crippen LogP contribution in [0.3, 0.4) is 0 Å². The predicted octanol–water partition coefficient (Wildman–Crippen LogP) is 4.15. The maximum atomic E-state index is 12.5. The number of aryl methyl sites for hydroxylation is 2. The molecule has 0 unspecified atom stereocenters. The lowest BCUT2D eigenvalue weighted by Gasteiger charge is -2.35. The quantitative estimate of drug-likeness (QED) is 0.895. The van der Waals surface area contributed by atoms with Gasteiger partial charge in [0.25, 0.3) is 0 Å². The zero-order chi connectivity index (χ0) is 17.0. The molecule has 1 aliphatic rings. The van der Waals surface area contributed by atoms with Crippen molar-refractivity contribution in [2.75, 3.05) is 38.0 Å². The predicted molar refractivity (Wildman–Crippen MR) is 97.4 cm³/mol. The molecule has 128 valence electrons. The maximum Gasteiger partial charge on any atom is 0.321 e. The Morgan fingerprint density at radius 2 is 1.87 bits per heavy atom. The number of hydrogen-bond donors (Lipinski definition) is 1. The van der Waals surface area contributed by atoms with Crippen LogP contribution >= 0.6 is 11.6 Å². The first-order valence-corrected chi connectivity index (χ1v) is 8.79. The summed E-state index contributed by atoms with van der Waals surface area (Å²) in [7, 11) is 0. The van der Waals surface area contributed by atoms with Crippen molar-refractivity contribution >= 4 is 23.3 Å². The van der Waals surface area contributed by atoms with Gasteiger partial charge in [-0.25, -0.2) is 4.79 Å². The van der Waals surface area contributed by atoms with Crippen molar-refractivity contribution in [2.45, 2.75) is 34.1 Å². The SMILES string of the molecule is Cc1cc(C)c(NC(=O)N2CCN(CCC(C)C)CC2)c(Cl)c1. The van der Waals surface area contributed by atoms with Crippen LogP contribution < -0.4 is 5.32 Å². The Labute approximate surface area is 144 Å². The van der Waals surface area contributed by atoms with Crippen LogP contribution in [0, 0.1) is 19.8 Å². The van der Waals surface area contributed by atoms with Crippen molar-refractivity contribution in [1.29, 1.82) is 0 Å². The van der Waals surface area contributed by atoms with Gasteiger partial charge in [0.15, 0.2) is 0 Å². The monoisotopic (exact) mass is 337 g/mol. The molecule has 0 aromatic heterocycles. The van der Waals surface area contributed by atoms with E-state index in [1.165, 1.54) is 6.42 Å². The van der Waals surface area contributed by atoms with Gasteiger partial charge in [-0.15, -0.1) is 0 Å². The van der Waals surface area contributed by atoms with Gasteiger partial charge in [0, 0.05) is 26.2 Å². The summed E-state index contributed by atoms with van der Waals surface area (Å²) in [5, 5.41) is 3.58. The lowest BCUT2D eigenvalue weighted by Crippen LogP contribution is -2.50. The van der Waals surface area contributed by atoms with Crippen LogP contribution in [0.4, 0.5) is 10.5 Å². The lowest BCUT2D eigenvalue weighted by molar-refractivity contribution is 0.143. The maximum absolute atomic E-state index is 12.5. The molecule has 4 nitrogen and oxygen atoms in total. The van der Waals surface area contributed by atoms with Crippen LogP contribution in [-0.4, -0.2) is 48.6 Å². The fourth-order valence-electron chi connectivity index (χ4n) is 2.88. The molecule has 23 heavy (non-hydrogen) atoms. The zero-order valence-electron chi connectivity index (χ0n) is 14.7. The number of anilines is 1. The largest absolute Gasteiger partial charge is 0.322 e. The smallest absolute Gasteiger partial charge is 0.321 e. The Balaban J connectivity index is 1.88. The van der Waals surface area contributed by atoms with Crippen LogP contribution in [-0.2, 0) is 0 Å². The van der Waals surface area contributed by atoms with Crippen molar-refractivity contribution in [2.24, 2.45) is 5.92 Å². The Morgan fingerprint density at radius 1 is 1.22 bits per heavy atom. The first-order chi connectivity index (χ1) is 10.9. The van der Waals surface area contributed by atoms with E-state index in [0.29, 0.717) is 5.02 Å². The summed E-state index contributed by atoms with van der Waals surface area (Å²) in [6.07, 6.45) is 1.21. The molecule has 1 aliphatic heterocycles. The van der Waals surface area contributed by atoms with Gasteiger partial charge >= 0.3 is 6.03 Å². The van der Waals surface area contributed by atoms with Crippen LogP contribution in [0.1, 0.15) is 31.4 Å². The molecule has 2 rings (SSSR count). The highest BCUT2D eigenvalue weighted by Crippen LogP contribution is 2.27. The molecule has 1 heterocycles. The van der Waals surface area contributed by atoms with E-state index < -0.39 is 0 Å². The fraction of sp³-hybridized carbons (Fsp3) is 0.611. The number of nitrogens with zero attached hydrogens (tertiary/aromatic N) is 2. The van der Waals surface area contributed by atoms with E-state index in [1.54, 1.807) is 0 Å². The molecule has 0 radical (unpaired) electrons. The summed E-state index contributed by atoms with van der Waals surface area (Å²) in [6, 6.07) is 3.86. The van der Waals surface area contributed by atoms with E-state index >= 15 is 0 Å². The molecular formula is C18H28ClN3O. The number of rotatable bonds is 4. The molecule has 0 aliphatic carbocycles. The lowest BCUT2D eigenvalue weighted by atomic mass is 10.1. The molecule has 0 spiro atoms. The number of amides is 2. The van der Waals surface area contributed by atoms with Crippen LogP contribution in [0.2, 0.25) is 5.02 Å². The van der Waals surface area contributed by atoms with Gasteiger partial charge in [0.05, 0.1) is 10.7 Å². The highest BCUT2D eigenvalue weighted by atomic mass is 35.5. The van der Waals surface area contributed by atoms with Crippen molar-refractivity contribution in [3.63, 3.8) is 0 Å². The highest BCUT2D eigenvalue weighted by molar-refractivity contribution is 6.34. The van der Waals surface area contributed by atoms with Gasteiger partial charge in [-0.3, -0.25) is 4.90 Å². The molecule has 1 saturated heterocycles. The Bertz CT molecular complexity index is 528. The Kier molecular flexibility index (Phi) is 6.31. The van der Waals surface area contributed by atoms with E-state index in [4.69, 9.17) is 11.6 Å². The van der Waals surface area contributed by atoms with Crippen molar-refractivity contribution < 1.29 is 4.79 Å². The van der Waals surface area contributed by atoms with Gasteiger partial charge < -0.3 is 10.2 Å². The number of hydrogen-bond acceptors (Lipinski definition) is 2. The summed E-state index contributed by atoms with van der Waals surface area (Å²) >= 11 is 6.27. The minimum absolute atomic E-state index is 0.0534. The first kappa shape index (κ1) is 18.1. The number of urea groups is 1. The Morgan fingerprint density at radius 3 is 2.43 bits per heavy atom.